The van der Waals surface area contributed by atoms with Gasteiger partial charge in [0.1, 0.15) is 0 Å². The lowest BCUT2D eigenvalue weighted by Gasteiger charge is -2.01. The molecule has 2 aromatic heterocycles. The summed E-state index contributed by atoms with van der Waals surface area (Å²) in [4.78, 5) is 3.97. The van der Waals surface area contributed by atoms with Crippen LogP contribution in [0.15, 0.2) is 36.8 Å². The average molecular weight is 202 g/mol. The van der Waals surface area contributed by atoms with Crippen molar-refractivity contribution in [2.24, 2.45) is 7.05 Å². The molecular formula is C11H14N4. The third-order valence-electron chi connectivity index (χ3n) is 2.15. The van der Waals surface area contributed by atoms with Gasteiger partial charge in [-0.2, -0.15) is 5.10 Å². The minimum absolute atomic E-state index is 0.795. The highest BCUT2D eigenvalue weighted by Gasteiger charge is 1.96. The van der Waals surface area contributed by atoms with E-state index in [2.05, 4.69) is 15.4 Å². The van der Waals surface area contributed by atoms with Gasteiger partial charge in [0.2, 0.25) is 0 Å². The van der Waals surface area contributed by atoms with Gasteiger partial charge in [0.25, 0.3) is 0 Å². The van der Waals surface area contributed by atoms with Gasteiger partial charge in [-0.05, 0) is 23.8 Å². The fourth-order valence-electron chi connectivity index (χ4n) is 1.39. The van der Waals surface area contributed by atoms with Gasteiger partial charge in [-0.15, -0.1) is 0 Å². The number of aryl methyl sites for hydroxylation is 1. The molecule has 0 atom stereocenters. The Labute approximate surface area is 89.0 Å². The van der Waals surface area contributed by atoms with E-state index in [1.54, 1.807) is 12.4 Å². The predicted octanol–water partition coefficient (Wildman–Crippen LogP) is 1.10. The van der Waals surface area contributed by atoms with Crippen molar-refractivity contribution in [3.05, 3.63) is 48.0 Å². The van der Waals surface area contributed by atoms with Crippen molar-refractivity contribution in [1.29, 1.82) is 0 Å². The number of hydrogen-bond acceptors (Lipinski definition) is 3. The van der Waals surface area contributed by atoms with Crippen LogP contribution in [0.3, 0.4) is 0 Å². The minimum Gasteiger partial charge on any atom is -0.307 e. The Balaban J connectivity index is 1.80. The van der Waals surface area contributed by atoms with E-state index in [1.165, 1.54) is 5.56 Å². The number of nitrogens with one attached hydrogen (secondary N) is 1. The summed E-state index contributed by atoms with van der Waals surface area (Å²) in [5.74, 6) is 0. The highest BCUT2D eigenvalue weighted by molar-refractivity contribution is 5.09. The van der Waals surface area contributed by atoms with E-state index < -0.39 is 0 Å². The van der Waals surface area contributed by atoms with Crippen LogP contribution in [0, 0.1) is 0 Å². The molecule has 0 aromatic carbocycles. The van der Waals surface area contributed by atoms with Crippen molar-refractivity contribution in [3.63, 3.8) is 0 Å². The smallest absolute Gasteiger partial charge is 0.0762 e. The number of pyridine rings is 1. The Morgan fingerprint density at radius 2 is 2.00 bits per heavy atom. The van der Waals surface area contributed by atoms with E-state index in [1.807, 2.05) is 36.1 Å². The van der Waals surface area contributed by atoms with Crippen LogP contribution in [0.25, 0.3) is 0 Å². The molecule has 0 saturated carbocycles. The second-order valence-electron chi connectivity index (χ2n) is 3.44. The molecule has 0 aliphatic carbocycles. The topological polar surface area (TPSA) is 42.7 Å². The van der Waals surface area contributed by atoms with E-state index >= 15 is 0 Å². The summed E-state index contributed by atoms with van der Waals surface area (Å²) in [6.45, 7) is 1.64. The zero-order chi connectivity index (χ0) is 10.5. The second-order valence-corrected chi connectivity index (χ2v) is 3.44. The summed E-state index contributed by atoms with van der Waals surface area (Å²) in [6.07, 6.45) is 5.55. The third kappa shape index (κ3) is 2.89. The van der Waals surface area contributed by atoms with E-state index in [0.29, 0.717) is 0 Å². The van der Waals surface area contributed by atoms with Crippen LogP contribution in [0.5, 0.6) is 0 Å². The van der Waals surface area contributed by atoms with E-state index in [4.69, 9.17) is 0 Å². The molecule has 0 aliphatic rings. The fraction of sp³-hybridized carbons (Fsp3) is 0.273. The predicted molar refractivity (Wildman–Crippen MR) is 58.0 cm³/mol. The Kier molecular flexibility index (Phi) is 3.09. The molecule has 2 aromatic rings. The minimum atomic E-state index is 0.795. The first kappa shape index (κ1) is 9.86. The monoisotopic (exact) mass is 202 g/mol. The molecule has 0 saturated heterocycles. The first-order valence-corrected chi connectivity index (χ1v) is 4.93. The van der Waals surface area contributed by atoms with Crippen LogP contribution in [-0.4, -0.2) is 14.8 Å². The highest BCUT2D eigenvalue weighted by Crippen LogP contribution is 1.97. The van der Waals surface area contributed by atoms with E-state index in [9.17, 15) is 0 Å². The van der Waals surface area contributed by atoms with Crippen molar-refractivity contribution in [1.82, 2.24) is 20.1 Å². The Bertz CT molecular complexity index is 408. The second kappa shape index (κ2) is 4.70. The van der Waals surface area contributed by atoms with Crippen LogP contribution in [0.1, 0.15) is 11.3 Å². The lowest BCUT2D eigenvalue weighted by atomic mass is 10.3. The molecule has 0 aliphatic heterocycles. The summed E-state index contributed by atoms with van der Waals surface area (Å²) >= 11 is 0. The highest BCUT2D eigenvalue weighted by atomic mass is 15.3. The zero-order valence-electron chi connectivity index (χ0n) is 8.72. The van der Waals surface area contributed by atoms with Crippen LogP contribution in [0.2, 0.25) is 0 Å². The molecule has 0 fully saturated rings. The molecule has 0 radical (unpaired) electrons. The van der Waals surface area contributed by atoms with Crippen molar-refractivity contribution in [3.8, 4) is 0 Å². The fourth-order valence-corrected chi connectivity index (χ4v) is 1.39. The number of nitrogens with zero attached hydrogens (tertiary/aromatic N) is 3. The van der Waals surface area contributed by atoms with Crippen LogP contribution >= 0.6 is 0 Å². The van der Waals surface area contributed by atoms with Crippen molar-refractivity contribution < 1.29 is 0 Å². The lowest BCUT2D eigenvalue weighted by Crippen LogP contribution is -2.13. The molecule has 1 N–H and O–H groups in total. The normalized spacial score (nSPS) is 10.5. The summed E-state index contributed by atoms with van der Waals surface area (Å²) in [7, 11) is 1.92. The molecule has 0 bridgehead atoms. The molecule has 2 heterocycles. The molecule has 4 heteroatoms. The molecular weight excluding hydrogens is 188 g/mol. The summed E-state index contributed by atoms with van der Waals surface area (Å²) in [5.41, 5.74) is 2.30. The van der Waals surface area contributed by atoms with E-state index in [-0.39, 0.29) is 0 Å². The van der Waals surface area contributed by atoms with Crippen molar-refractivity contribution >= 4 is 0 Å². The third-order valence-corrected chi connectivity index (χ3v) is 2.15. The van der Waals surface area contributed by atoms with Gasteiger partial charge in [0.05, 0.1) is 5.69 Å². The molecule has 15 heavy (non-hydrogen) atoms. The number of hydrogen-bond donors (Lipinski definition) is 1. The quantitative estimate of drug-likeness (QED) is 0.807. The van der Waals surface area contributed by atoms with Crippen molar-refractivity contribution in [2.45, 2.75) is 13.1 Å². The first-order chi connectivity index (χ1) is 7.34. The lowest BCUT2D eigenvalue weighted by molar-refractivity contribution is 0.656. The Morgan fingerprint density at radius 3 is 2.67 bits per heavy atom. The maximum atomic E-state index is 4.28. The molecule has 0 amide bonds. The van der Waals surface area contributed by atoms with Crippen LogP contribution in [0.4, 0.5) is 0 Å². The number of rotatable bonds is 4. The standard InChI is InChI=1S/C11H14N4/c1-15-7-4-11(14-15)9-13-8-10-2-5-12-6-3-10/h2-7,13H,8-9H2,1H3. The summed E-state index contributed by atoms with van der Waals surface area (Å²) in [6, 6.07) is 6.02. The number of aromatic nitrogens is 3. The van der Waals surface area contributed by atoms with Gasteiger partial charge in [-0.1, -0.05) is 0 Å². The van der Waals surface area contributed by atoms with Crippen LogP contribution < -0.4 is 5.32 Å². The Hall–Kier alpha value is -1.68. The van der Waals surface area contributed by atoms with Gasteiger partial charge in [0, 0.05) is 38.7 Å². The zero-order valence-corrected chi connectivity index (χ0v) is 8.72. The molecule has 4 nitrogen and oxygen atoms in total. The van der Waals surface area contributed by atoms with Gasteiger partial charge >= 0.3 is 0 Å². The maximum Gasteiger partial charge on any atom is 0.0762 e. The molecule has 0 unspecified atom stereocenters. The average Bonchev–Trinajstić information content (AvgIpc) is 2.66. The molecule has 78 valence electrons. The van der Waals surface area contributed by atoms with Gasteiger partial charge in [-0.25, -0.2) is 0 Å². The van der Waals surface area contributed by atoms with Crippen molar-refractivity contribution in [2.75, 3.05) is 0 Å². The van der Waals surface area contributed by atoms with Gasteiger partial charge in [-0.3, -0.25) is 9.67 Å². The van der Waals surface area contributed by atoms with Gasteiger partial charge in [0.15, 0.2) is 0 Å². The maximum absolute atomic E-state index is 4.28. The molecule has 0 spiro atoms. The first-order valence-electron chi connectivity index (χ1n) is 4.93. The summed E-state index contributed by atoms with van der Waals surface area (Å²) < 4.78 is 1.81. The summed E-state index contributed by atoms with van der Waals surface area (Å²) in [5, 5.41) is 7.61. The SMILES string of the molecule is Cn1ccc(CNCc2ccncc2)n1. The van der Waals surface area contributed by atoms with Gasteiger partial charge < -0.3 is 5.32 Å². The van der Waals surface area contributed by atoms with E-state index in [0.717, 1.165) is 18.8 Å². The molecule has 2 rings (SSSR count). The van der Waals surface area contributed by atoms with Crippen LogP contribution in [-0.2, 0) is 20.1 Å². The largest absolute Gasteiger partial charge is 0.307 e. The Morgan fingerprint density at radius 1 is 1.20 bits per heavy atom.